The summed E-state index contributed by atoms with van der Waals surface area (Å²) >= 11 is 1.48. The van der Waals surface area contributed by atoms with Crippen molar-refractivity contribution in [1.29, 1.82) is 0 Å². The van der Waals surface area contributed by atoms with Gasteiger partial charge in [-0.15, -0.1) is 11.8 Å². The molecule has 0 spiro atoms. The van der Waals surface area contributed by atoms with Gasteiger partial charge in [0.05, 0.1) is 6.42 Å². The molecular formula is C8H12O3S. The second-order valence-electron chi connectivity index (χ2n) is 3.72. The largest absolute Gasteiger partial charge is 0.392 e. The maximum absolute atomic E-state index is 11.0. The predicted molar refractivity (Wildman–Crippen MR) is 46.8 cm³/mol. The molecule has 1 heterocycles. The molecular weight excluding hydrogens is 176 g/mol. The van der Waals surface area contributed by atoms with E-state index in [-0.39, 0.29) is 22.4 Å². The number of esters is 2. The van der Waals surface area contributed by atoms with Crippen molar-refractivity contribution in [2.45, 2.75) is 37.2 Å². The average molecular weight is 188 g/mol. The second kappa shape index (κ2) is 3.09. The Morgan fingerprint density at radius 1 is 1.42 bits per heavy atom. The number of rotatable bonds is 1. The first-order chi connectivity index (χ1) is 5.38. The molecule has 0 aliphatic carbocycles. The minimum atomic E-state index is -0.401. The van der Waals surface area contributed by atoms with E-state index in [1.165, 1.54) is 11.8 Å². The number of ether oxygens (including phenoxy) is 1. The molecule has 1 aliphatic heterocycles. The van der Waals surface area contributed by atoms with Gasteiger partial charge < -0.3 is 4.74 Å². The van der Waals surface area contributed by atoms with Crippen molar-refractivity contribution in [1.82, 2.24) is 0 Å². The molecule has 0 saturated carbocycles. The Morgan fingerprint density at radius 3 is 2.33 bits per heavy atom. The summed E-state index contributed by atoms with van der Waals surface area (Å²) in [4.78, 5) is 21.7. The Morgan fingerprint density at radius 2 is 2.00 bits per heavy atom. The Labute approximate surface area is 75.8 Å². The lowest BCUT2D eigenvalue weighted by Gasteiger charge is -2.19. The lowest BCUT2D eigenvalue weighted by atomic mass is 10.3. The fourth-order valence-corrected chi connectivity index (χ4v) is 2.19. The van der Waals surface area contributed by atoms with Gasteiger partial charge >= 0.3 is 11.9 Å². The lowest BCUT2D eigenvalue weighted by molar-refractivity contribution is -0.151. The number of cyclic esters (lactones) is 2. The molecule has 0 N–H and O–H groups in total. The van der Waals surface area contributed by atoms with Crippen molar-refractivity contribution in [3.63, 3.8) is 0 Å². The van der Waals surface area contributed by atoms with Crippen molar-refractivity contribution < 1.29 is 14.3 Å². The van der Waals surface area contributed by atoms with E-state index >= 15 is 0 Å². The summed E-state index contributed by atoms with van der Waals surface area (Å²) in [6.45, 7) is 6.02. The van der Waals surface area contributed by atoms with Crippen molar-refractivity contribution >= 4 is 23.7 Å². The molecule has 1 saturated heterocycles. The van der Waals surface area contributed by atoms with Crippen LogP contribution in [0.4, 0.5) is 0 Å². The summed E-state index contributed by atoms with van der Waals surface area (Å²) in [5.41, 5.74) is 0. The normalized spacial score (nSPS) is 24.4. The molecule has 1 fully saturated rings. The molecule has 1 atom stereocenters. The number of carbonyl (C=O) groups excluding carboxylic acids is 2. The number of hydrogen-bond acceptors (Lipinski definition) is 4. The van der Waals surface area contributed by atoms with Crippen molar-refractivity contribution in [2.24, 2.45) is 0 Å². The fraction of sp³-hybridized carbons (Fsp3) is 0.750. The first-order valence-corrected chi connectivity index (χ1v) is 4.69. The third-order valence-electron chi connectivity index (χ3n) is 1.33. The number of hydrogen-bond donors (Lipinski definition) is 0. The van der Waals surface area contributed by atoms with E-state index in [4.69, 9.17) is 0 Å². The van der Waals surface area contributed by atoms with Crippen LogP contribution < -0.4 is 0 Å². The highest BCUT2D eigenvalue weighted by Crippen LogP contribution is 2.33. The van der Waals surface area contributed by atoms with Gasteiger partial charge in [0.1, 0.15) is 5.25 Å². The van der Waals surface area contributed by atoms with Crippen LogP contribution in [-0.4, -0.2) is 21.9 Å². The Hall–Kier alpha value is -0.510. The molecule has 4 heteroatoms. The molecule has 0 aromatic carbocycles. The molecule has 0 radical (unpaired) electrons. The summed E-state index contributed by atoms with van der Waals surface area (Å²) < 4.78 is 4.42. The van der Waals surface area contributed by atoms with E-state index in [2.05, 4.69) is 4.74 Å². The zero-order chi connectivity index (χ0) is 9.35. The fourth-order valence-electron chi connectivity index (χ4n) is 0.971. The van der Waals surface area contributed by atoms with Crippen molar-refractivity contribution in [3.8, 4) is 0 Å². The monoisotopic (exact) mass is 188 g/mol. The van der Waals surface area contributed by atoms with Crippen LogP contribution in [0.3, 0.4) is 0 Å². The van der Waals surface area contributed by atoms with Crippen LogP contribution in [0.5, 0.6) is 0 Å². The summed E-state index contributed by atoms with van der Waals surface area (Å²) in [6, 6.07) is 0. The zero-order valence-corrected chi connectivity index (χ0v) is 8.23. The van der Waals surface area contributed by atoms with Gasteiger partial charge in [0.2, 0.25) is 0 Å². The summed E-state index contributed by atoms with van der Waals surface area (Å²) in [5, 5.41) is -0.294. The first kappa shape index (κ1) is 9.58. The van der Waals surface area contributed by atoms with Gasteiger partial charge in [0.25, 0.3) is 0 Å². The van der Waals surface area contributed by atoms with E-state index in [1.54, 1.807) is 0 Å². The van der Waals surface area contributed by atoms with E-state index < -0.39 is 5.97 Å². The first-order valence-electron chi connectivity index (χ1n) is 3.81. The highest BCUT2D eigenvalue weighted by molar-refractivity contribution is 8.01. The summed E-state index contributed by atoms with van der Waals surface area (Å²) in [5.74, 6) is -0.790. The Bertz CT molecular complexity index is 217. The third-order valence-corrected chi connectivity index (χ3v) is 2.68. The zero-order valence-electron chi connectivity index (χ0n) is 7.42. The van der Waals surface area contributed by atoms with Gasteiger partial charge in [-0.05, 0) is 0 Å². The van der Waals surface area contributed by atoms with Gasteiger partial charge in [-0.2, -0.15) is 0 Å². The molecule has 0 amide bonds. The van der Waals surface area contributed by atoms with Gasteiger partial charge in [0, 0.05) is 4.75 Å². The third kappa shape index (κ3) is 2.52. The van der Waals surface area contributed by atoms with Crippen LogP contribution in [0.25, 0.3) is 0 Å². The number of carbonyl (C=O) groups is 2. The Balaban J connectivity index is 2.54. The predicted octanol–water partition coefficient (Wildman–Crippen LogP) is 1.36. The molecule has 3 nitrogen and oxygen atoms in total. The minimum absolute atomic E-state index is 0.00565. The summed E-state index contributed by atoms with van der Waals surface area (Å²) in [7, 11) is 0. The maximum atomic E-state index is 11.0. The SMILES string of the molecule is CC(C)(C)SC1CC(=O)OC1=O. The molecule has 0 bridgehead atoms. The van der Waals surface area contributed by atoms with E-state index in [0.717, 1.165) is 0 Å². The van der Waals surface area contributed by atoms with E-state index in [9.17, 15) is 9.59 Å². The highest BCUT2D eigenvalue weighted by Gasteiger charge is 2.36. The molecule has 1 rings (SSSR count). The molecule has 1 unspecified atom stereocenters. The van der Waals surface area contributed by atoms with Gasteiger partial charge in [-0.3, -0.25) is 9.59 Å². The quantitative estimate of drug-likeness (QED) is 0.460. The Kier molecular flexibility index (Phi) is 2.46. The maximum Gasteiger partial charge on any atom is 0.327 e. The molecule has 1 aliphatic rings. The van der Waals surface area contributed by atoms with Crippen LogP contribution in [0, 0.1) is 0 Å². The van der Waals surface area contributed by atoms with E-state index in [1.807, 2.05) is 20.8 Å². The van der Waals surface area contributed by atoms with Gasteiger partial charge in [0.15, 0.2) is 0 Å². The molecule has 0 aromatic rings. The van der Waals surface area contributed by atoms with Crippen LogP contribution in [-0.2, 0) is 14.3 Å². The molecule has 12 heavy (non-hydrogen) atoms. The van der Waals surface area contributed by atoms with Gasteiger partial charge in [-0.25, -0.2) is 0 Å². The smallest absolute Gasteiger partial charge is 0.327 e. The van der Waals surface area contributed by atoms with Crippen LogP contribution in [0.1, 0.15) is 27.2 Å². The molecule has 68 valence electrons. The van der Waals surface area contributed by atoms with Crippen molar-refractivity contribution in [2.75, 3.05) is 0 Å². The van der Waals surface area contributed by atoms with Crippen molar-refractivity contribution in [3.05, 3.63) is 0 Å². The van der Waals surface area contributed by atoms with Gasteiger partial charge in [-0.1, -0.05) is 20.8 Å². The molecule has 0 aromatic heterocycles. The second-order valence-corrected chi connectivity index (χ2v) is 5.75. The standard InChI is InChI=1S/C8H12O3S/c1-8(2,3)12-5-4-6(9)11-7(5)10/h5H,4H2,1-3H3. The minimum Gasteiger partial charge on any atom is -0.392 e. The average Bonchev–Trinajstić information content (AvgIpc) is 2.06. The highest BCUT2D eigenvalue weighted by atomic mass is 32.2. The van der Waals surface area contributed by atoms with Crippen LogP contribution in [0.2, 0.25) is 0 Å². The lowest BCUT2D eigenvalue weighted by Crippen LogP contribution is -2.19. The number of thioether (sulfide) groups is 1. The van der Waals surface area contributed by atoms with E-state index in [0.29, 0.717) is 0 Å². The topological polar surface area (TPSA) is 43.4 Å². The van der Waals surface area contributed by atoms with Crippen LogP contribution >= 0.6 is 11.8 Å². The van der Waals surface area contributed by atoms with Crippen LogP contribution in [0.15, 0.2) is 0 Å². The summed E-state index contributed by atoms with van der Waals surface area (Å²) in [6.07, 6.45) is 0.223.